The Morgan fingerprint density at radius 2 is 1.54 bits per heavy atom. The van der Waals surface area contributed by atoms with Crippen LogP contribution in [0.2, 0.25) is 0 Å². The summed E-state index contributed by atoms with van der Waals surface area (Å²) in [5, 5.41) is 8.15. The second-order valence-electron chi connectivity index (χ2n) is 5.90. The van der Waals surface area contributed by atoms with Crippen molar-refractivity contribution >= 4 is 29.1 Å². The summed E-state index contributed by atoms with van der Waals surface area (Å²) in [6, 6.07) is 16.3. The van der Waals surface area contributed by atoms with Crippen LogP contribution in [0.5, 0.6) is 0 Å². The summed E-state index contributed by atoms with van der Waals surface area (Å²) in [5.41, 5.74) is 1.93. The van der Waals surface area contributed by atoms with Crippen LogP contribution in [0.1, 0.15) is 38.2 Å². The molecule has 28 heavy (non-hydrogen) atoms. The molecule has 142 valence electrons. The van der Waals surface area contributed by atoms with Crippen LogP contribution in [0, 0.1) is 0 Å². The maximum atomic E-state index is 12.5. The Kier molecular flexibility index (Phi) is 5.86. The molecule has 0 saturated carbocycles. The van der Waals surface area contributed by atoms with Crippen LogP contribution in [0.4, 0.5) is 11.4 Å². The van der Waals surface area contributed by atoms with Gasteiger partial charge in [0.1, 0.15) is 0 Å². The van der Waals surface area contributed by atoms with Gasteiger partial charge in [-0.2, -0.15) is 0 Å². The molecule has 2 aromatic carbocycles. The van der Waals surface area contributed by atoms with Crippen molar-refractivity contribution in [3.05, 3.63) is 83.8 Å². The lowest BCUT2D eigenvalue weighted by molar-refractivity contribution is 0.0954. The highest BCUT2D eigenvalue weighted by Crippen LogP contribution is 2.15. The van der Waals surface area contributed by atoms with Gasteiger partial charge in [-0.1, -0.05) is 6.07 Å². The second kappa shape index (κ2) is 8.68. The molecule has 3 rings (SSSR count). The third-order valence-electron chi connectivity index (χ3n) is 3.87. The molecule has 1 heterocycles. The van der Waals surface area contributed by atoms with Crippen molar-refractivity contribution in [2.45, 2.75) is 6.92 Å². The van der Waals surface area contributed by atoms with Crippen LogP contribution in [0.15, 0.2) is 71.3 Å². The largest absolute Gasteiger partial charge is 0.459 e. The van der Waals surface area contributed by atoms with E-state index >= 15 is 0 Å². The number of nitrogens with one attached hydrogen (secondary N) is 3. The number of hydrogen-bond donors (Lipinski definition) is 3. The van der Waals surface area contributed by atoms with Gasteiger partial charge in [0.15, 0.2) is 5.76 Å². The minimum absolute atomic E-state index is 0.166. The Balaban J connectivity index is 1.66. The highest BCUT2D eigenvalue weighted by Gasteiger charge is 2.11. The fourth-order valence-electron chi connectivity index (χ4n) is 2.51. The van der Waals surface area contributed by atoms with Crippen molar-refractivity contribution in [3.63, 3.8) is 0 Å². The molecule has 0 unspecified atom stereocenters. The fourth-order valence-corrected chi connectivity index (χ4v) is 2.51. The van der Waals surface area contributed by atoms with Crippen molar-refractivity contribution in [1.82, 2.24) is 5.32 Å². The quantitative estimate of drug-likeness (QED) is 0.612. The average molecular weight is 377 g/mol. The molecule has 0 radical (unpaired) electrons. The molecule has 1 aromatic heterocycles. The number of benzene rings is 2. The van der Waals surface area contributed by atoms with Gasteiger partial charge in [0.05, 0.1) is 6.26 Å². The topological polar surface area (TPSA) is 100 Å². The zero-order valence-corrected chi connectivity index (χ0v) is 15.2. The first-order chi connectivity index (χ1) is 13.6. The summed E-state index contributed by atoms with van der Waals surface area (Å²) >= 11 is 0. The standard InChI is InChI=1S/C21H19N3O4/c1-2-22-19(25)14-8-10-16(11-9-14)23-20(26)15-5-3-6-17(13-15)24-21(27)18-7-4-12-28-18/h3-13H,2H2,1H3,(H,22,25)(H,23,26)(H,24,27). The summed E-state index contributed by atoms with van der Waals surface area (Å²) in [6.07, 6.45) is 1.41. The molecule has 0 bridgehead atoms. The molecular formula is C21H19N3O4. The van der Waals surface area contributed by atoms with Gasteiger partial charge >= 0.3 is 0 Å². The molecular weight excluding hydrogens is 358 g/mol. The average Bonchev–Trinajstić information content (AvgIpc) is 3.24. The van der Waals surface area contributed by atoms with Gasteiger partial charge in [-0.15, -0.1) is 0 Å². The van der Waals surface area contributed by atoms with E-state index < -0.39 is 5.91 Å². The van der Waals surface area contributed by atoms with E-state index in [1.54, 1.807) is 60.7 Å². The summed E-state index contributed by atoms with van der Waals surface area (Å²) in [4.78, 5) is 36.3. The minimum atomic E-state index is -0.400. The van der Waals surface area contributed by atoms with Crippen LogP contribution in [-0.4, -0.2) is 24.3 Å². The molecule has 0 aliphatic rings. The Morgan fingerprint density at radius 1 is 0.786 bits per heavy atom. The number of furan rings is 1. The van der Waals surface area contributed by atoms with E-state index in [1.807, 2.05) is 6.92 Å². The van der Waals surface area contributed by atoms with Crippen LogP contribution in [0.25, 0.3) is 0 Å². The molecule has 0 aliphatic heterocycles. The van der Waals surface area contributed by atoms with Gasteiger partial charge in [-0.05, 0) is 61.5 Å². The van der Waals surface area contributed by atoms with E-state index in [-0.39, 0.29) is 17.6 Å². The zero-order chi connectivity index (χ0) is 19.9. The van der Waals surface area contributed by atoms with Crippen LogP contribution < -0.4 is 16.0 Å². The number of anilines is 2. The Labute approximate surface area is 161 Å². The molecule has 0 fully saturated rings. The molecule has 0 saturated heterocycles. The smallest absolute Gasteiger partial charge is 0.291 e. The van der Waals surface area contributed by atoms with E-state index in [2.05, 4.69) is 16.0 Å². The highest BCUT2D eigenvalue weighted by atomic mass is 16.3. The van der Waals surface area contributed by atoms with Gasteiger partial charge in [0.25, 0.3) is 17.7 Å². The third-order valence-corrected chi connectivity index (χ3v) is 3.87. The van der Waals surface area contributed by atoms with Crippen LogP contribution >= 0.6 is 0 Å². The van der Waals surface area contributed by atoms with Gasteiger partial charge in [0, 0.05) is 29.0 Å². The number of amides is 3. The van der Waals surface area contributed by atoms with Crippen molar-refractivity contribution in [2.75, 3.05) is 17.2 Å². The first kappa shape index (κ1) is 18.9. The van der Waals surface area contributed by atoms with E-state index in [0.717, 1.165) is 0 Å². The number of rotatable bonds is 6. The van der Waals surface area contributed by atoms with Crippen molar-refractivity contribution in [1.29, 1.82) is 0 Å². The predicted octanol–water partition coefficient (Wildman–Crippen LogP) is 3.53. The predicted molar refractivity (Wildman–Crippen MR) is 106 cm³/mol. The highest BCUT2D eigenvalue weighted by molar-refractivity contribution is 6.06. The maximum Gasteiger partial charge on any atom is 0.291 e. The Hall–Kier alpha value is -3.87. The molecule has 7 heteroatoms. The molecule has 3 N–H and O–H groups in total. The zero-order valence-electron chi connectivity index (χ0n) is 15.2. The molecule has 0 spiro atoms. The number of carbonyl (C=O) groups is 3. The van der Waals surface area contributed by atoms with Crippen LogP contribution in [0.3, 0.4) is 0 Å². The van der Waals surface area contributed by atoms with Crippen molar-refractivity contribution < 1.29 is 18.8 Å². The molecule has 7 nitrogen and oxygen atoms in total. The lowest BCUT2D eigenvalue weighted by Gasteiger charge is -2.09. The summed E-state index contributed by atoms with van der Waals surface area (Å²) in [5.74, 6) is -0.717. The van der Waals surface area contributed by atoms with Crippen LogP contribution in [-0.2, 0) is 0 Å². The van der Waals surface area contributed by atoms with E-state index in [1.165, 1.54) is 6.26 Å². The monoisotopic (exact) mass is 377 g/mol. The lowest BCUT2D eigenvalue weighted by Crippen LogP contribution is -2.22. The van der Waals surface area contributed by atoms with Crippen molar-refractivity contribution in [3.8, 4) is 0 Å². The first-order valence-corrected chi connectivity index (χ1v) is 8.71. The summed E-state index contributed by atoms with van der Waals surface area (Å²) in [6.45, 7) is 2.39. The van der Waals surface area contributed by atoms with Gasteiger partial charge in [-0.3, -0.25) is 14.4 Å². The van der Waals surface area contributed by atoms with Gasteiger partial charge < -0.3 is 20.4 Å². The van der Waals surface area contributed by atoms with Gasteiger partial charge in [0.2, 0.25) is 0 Å². The molecule has 0 aliphatic carbocycles. The van der Waals surface area contributed by atoms with E-state index in [9.17, 15) is 14.4 Å². The normalized spacial score (nSPS) is 10.2. The first-order valence-electron chi connectivity index (χ1n) is 8.71. The Morgan fingerprint density at radius 3 is 2.21 bits per heavy atom. The fraction of sp³-hybridized carbons (Fsp3) is 0.0952. The third kappa shape index (κ3) is 4.64. The van der Waals surface area contributed by atoms with Crippen molar-refractivity contribution in [2.24, 2.45) is 0 Å². The molecule has 3 amide bonds. The molecule has 3 aromatic rings. The SMILES string of the molecule is CCNC(=O)c1ccc(NC(=O)c2cccc(NC(=O)c3ccco3)c2)cc1. The molecule has 0 atom stereocenters. The second-order valence-corrected chi connectivity index (χ2v) is 5.90. The summed E-state index contributed by atoms with van der Waals surface area (Å²) < 4.78 is 5.05. The maximum absolute atomic E-state index is 12.5. The minimum Gasteiger partial charge on any atom is -0.459 e. The lowest BCUT2D eigenvalue weighted by atomic mass is 10.1. The number of carbonyl (C=O) groups excluding carboxylic acids is 3. The number of hydrogen-bond acceptors (Lipinski definition) is 4. The van der Waals surface area contributed by atoms with E-state index in [4.69, 9.17) is 4.42 Å². The summed E-state index contributed by atoms with van der Waals surface area (Å²) in [7, 11) is 0. The Bertz CT molecular complexity index is 979. The van der Waals surface area contributed by atoms with Gasteiger partial charge in [-0.25, -0.2) is 0 Å². The van der Waals surface area contributed by atoms with E-state index in [0.29, 0.717) is 29.0 Å².